The summed E-state index contributed by atoms with van der Waals surface area (Å²) >= 11 is 47.0. The lowest BCUT2D eigenvalue weighted by atomic mass is 9.99. The molecule has 3 aliphatic heterocycles. The second-order valence-corrected chi connectivity index (χ2v) is 21.3. The summed E-state index contributed by atoms with van der Waals surface area (Å²) in [7, 11) is 0. The predicted octanol–water partition coefficient (Wildman–Crippen LogP) is 3.69. The lowest BCUT2D eigenvalue weighted by molar-refractivity contribution is -0.321. The largest absolute Gasteiger partial charge is 0.506 e. The highest BCUT2D eigenvalue weighted by molar-refractivity contribution is 6.19. The van der Waals surface area contributed by atoms with E-state index >= 15 is 0 Å². The first-order valence-corrected chi connectivity index (χ1v) is 30.0. The minimum Gasteiger partial charge on any atom is -0.506 e. The van der Waals surface area contributed by atoms with E-state index in [1.807, 2.05) is 0 Å². The number of aliphatic hydroxyl groups excluding tert-OH is 23. The van der Waals surface area contributed by atoms with E-state index in [-0.39, 0.29) is 0 Å². The molecule has 19 atom stereocenters. The minimum atomic E-state index is -2.77. The van der Waals surface area contributed by atoms with Crippen LogP contribution in [0.5, 0.6) is 0 Å². The summed E-state index contributed by atoms with van der Waals surface area (Å²) in [6, 6.07) is 0. The number of ether oxygens (including phenoxy) is 9. The van der Waals surface area contributed by atoms with Gasteiger partial charge in [0.15, 0.2) is 86.9 Å². The van der Waals surface area contributed by atoms with Crippen molar-refractivity contribution in [3.8, 4) is 0 Å². The van der Waals surface area contributed by atoms with Crippen molar-refractivity contribution in [2.75, 3.05) is 47.0 Å². The van der Waals surface area contributed by atoms with Crippen LogP contribution < -0.4 is 0 Å². The van der Waals surface area contributed by atoms with Crippen LogP contribution in [-0.4, -0.2) is 282 Å². The van der Waals surface area contributed by atoms with E-state index in [0.717, 1.165) is 0 Å². The molecule has 0 aliphatic carbocycles. The third-order valence-electron chi connectivity index (χ3n) is 12.3. The van der Waals surface area contributed by atoms with Crippen molar-refractivity contribution < 1.29 is 160 Å². The summed E-state index contributed by atoms with van der Waals surface area (Å²) in [6.45, 7) is 0. The average Bonchev–Trinajstić information content (AvgIpc) is 1.09. The maximum Gasteiger partial charge on any atom is 0.218 e. The predicted molar refractivity (Wildman–Crippen MR) is 306 cm³/mol. The molecule has 19 unspecified atom stereocenters. The summed E-state index contributed by atoms with van der Waals surface area (Å²) in [5.74, 6) is -24.9. The molecule has 0 spiro atoms. The van der Waals surface area contributed by atoms with Crippen LogP contribution in [0, 0.1) is 0 Å². The van der Waals surface area contributed by atoms with Crippen molar-refractivity contribution >= 4 is 92.8 Å². The van der Waals surface area contributed by atoms with Gasteiger partial charge in [0.25, 0.3) is 0 Å². The number of aliphatic hydroxyl groups is 23. The Bertz CT molecular complexity index is 2370. The highest BCUT2D eigenvalue weighted by Gasteiger charge is 2.48. The average molecular weight is 1440 g/mol. The molecule has 0 amide bonds. The molecule has 88 heavy (non-hydrogen) atoms. The van der Waals surface area contributed by atoms with E-state index in [2.05, 4.69) is 0 Å². The summed E-state index contributed by atoms with van der Waals surface area (Å²) in [5.41, 5.74) is 0. The van der Waals surface area contributed by atoms with Crippen molar-refractivity contribution in [1.29, 1.82) is 0 Å². The van der Waals surface area contributed by atoms with E-state index in [9.17, 15) is 117 Å². The monoisotopic (exact) mass is 1440 g/mol. The molecule has 0 saturated carbocycles. The van der Waals surface area contributed by atoms with E-state index < -0.39 is 290 Å². The van der Waals surface area contributed by atoms with Crippen molar-refractivity contribution in [2.45, 2.75) is 162 Å². The Morgan fingerprint density at radius 2 is 0.409 bits per heavy atom. The first kappa shape index (κ1) is 81.1. The molecule has 3 aliphatic rings. The SMILES string of the molecule is O/C1=C(\O)C(CCCl)OC(O)/C(O)=C(/O)C(CCCl)OC2OC(CCl)C(OC(O)/C(O)=C(\O)C(CCCl)OC(O)/C(O)=C(\O)C(CCCl)OC(O)/C(O)=C(/O)C(CCCl)OC(O)/C(O)=C(/O)C(CCCl)OC(O)/C(O)=C(\O)C(CCCl)OC1O)C(O)C2O. The van der Waals surface area contributed by atoms with E-state index in [4.69, 9.17) is 135 Å². The standard InChI is InChI=1S/C48H72Cl8O32/c49-8-1-16-24(57)32(65)41(73)81-17(2-9-50)25(58)34(67)43(75)83-19(4-11-52)27(60)36(69)45(77)85-21(6-13-54)29(62)38(71)47(79)88-40-23(15-56)87-48(39(72)31(40)64)86-22(7-14-55)30(63)37(70)46(78)84-20(5-12-53)28(61)35(68)44(76)82-18(3-10-51)26(59)33(66)42(74)80-16/h16-23,31,39-48,57-79H,1-15H2/b32-24-,33-26+,34-25-,35-28-,36-27+,37-30-,38-29+. The Morgan fingerprint density at radius 1 is 0.227 bits per heavy atom. The van der Waals surface area contributed by atoms with Crippen LogP contribution in [0.1, 0.15) is 44.9 Å². The quantitative estimate of drug-likeness (QED) is 0.104. The van der Waals surface area contributed by atoms with Gasteiger partial charge in [-0.05, 0) is 44.9 Å². The summed E-state index contributed by atoms with van der Waals surface area (Å²) < 4.78 is 47.6. The molecule has 0 radical (unpaired) electrons. The van der Waals surface area contributed by atoms with E-state index in [1.54, 1.807) is 0 Å². The van der Waals surface area contributed by atoms with Gasteiger partial charge in [0.1, 0.15) is 67.1 Å². The molecule has 0 aromatic carbocycles. The van der Waals surface area contributed by atoms with Gasteiger partial charge in [0.2, 0.25) is 44.0 Å². The number of halogens is 8. The second kappa shape index (κ2) is 40.2. The molecule has 32 nitrogen and oxygen atoms in total. The molecular weight excluding hydrogens is 1370 g/mol. The lowest BCUT2D eigenvalue weighted by Gasteiger charge is -2.43. The number of hydrogen-bond acceptors (Lipinski definition) is 32. The first-order valence-electron chi connectivity index (χ1n) is 25.7. The van der Waals surface area contributed by atoms with E-state index in [0.29, 0.717) is 0 Å². The molecule has 3 heterocycles. The molecule has 0 aromatic rings. The topological polar surface area (TPSA) is 548 Å². The third-order valence-corrected chi connectivity index (χ3v) is 14.2. The van der Waals surface area contributed by atoms with Crippen LogP contribution in [0.25, 0.3) is 0 Å². The molecule has 512 valence electrons. The summed E-state index contributed by atoms with van der Waals surface area (Å²) in [4.78, 5) is 0. The maximum absolute atomic E-state index is 11.2. The van der Waals surface area contributed by atoms with Crippen LogP contribution in [-0.2, 0) is 42.6 Å². The van der Waals surface area contributed by atoms with Crippen LogP contribution in [0.15, 0.2) is 80.6 Å². The van der Waals surface area contributed by atoms with Gasteiger partial charge in [-0.1, -0.05) is 0 Å². The van der Waals surface area contributed by atoms with Crippen molar-refractivity contribution in [3.63, 3.8) is 0 Å². The highest BCUT2D eigenvalue weighted by Crippen LogP contribution is 2.33. The zero-order valence-corrected chi connectivity index (χ0v) is 51.6. The Hall–Kier alpha value is -3.02. The molecule has 0 aromatic heterocycles. The van der Waals surface area contributed by atoms with Crippen molar-refractivity contribution in [2.24, 2.45) is 0 Å². The number of rotatable bonds is 15. The van der Waals surface area contributed by atoms with Crippen LogP contribution in [0.3, 0.4) is 0 Å². The van der Waals surface area contributed by atoms with Crippen molar-refractivity contribution in [1.82, 2.24) is 0 Å². The Kier molecular flexibility index (Phi) is 37.0. The summed E-state index contributed by atoms with van der Waals surface area (Å²) in [5, 5.41) is 252. The van der Waals surface area contributed by atoms with Gasteiger partial charge in [-0.15, -0.1) is 92.8 Å². The van der Waals surface area contributed by atoms with Gasteiger partial charge >= 0.3 is 0 Å². The van der Waals surface area contributed by atoms with Gasteiger partial charge < -0.3 is 160 Å². The van der Waals surface area contributed by atoms with Gasteiger partial charge in [-0.25, -0.2) is 0 Å². The minimum absolute atomic E-state index is 0.429. The van der Waals surface area contributed by atoms with Gasteiger partial charge in [-0.3, -0.25) is 0 Å². The van der Waals surface area contributed by atoms with Gasteiger partial charge in [-0.2, -0.15) is 0 Å². The molecule has 1 saturated heterocycles. The Morgan fingerprint density at radius 3 is 0.591 bits per heavy atom. The second-order valence-electron chi connectivity index (χ2n) is 18.4. The molecular formula is C48H72Cl8O32. The molecule has 3 rings (SSSR count). The summed E-state index contributed by atoms with van der Waals surface area (Å²) in [6.07, 6.45) is -48.1. The molecule has 23 N–H and O–H groups in total. The first-order chi connectivity index (χ1) is 41.4. The lowest BCUT2D eigenvalue weighted by Crippen LogP contribution is -2.61. The van der Waals surface area contributed by atoms with Crippen molar-refractivity contribution in [3.05, 3.63) is 80.6 Å². The van der Waals surface area contributed by atoms with Gasteiger partial charge in [0, 0.05) is 41.2 Å². The zero-order chi connectivity index (χ0) is 67.0. The Balaban J connectivity index is 2.90. The normalized spacial score (nSPS) is 40.2. The van der Waals surface area contributed by atoms with Crippen LogP contribution in [0.2, 0.25) is 0 Å². The fourth-order valence-electron chi connectivity index (χ4n) is 7.62. The number of fused-ring (bicyclic) bond motifs is 30. The number of alkyl halides is 8. The molecule has 40 heteroatoms. The highest BCUT2D eigenvalue weighted by atomic mass is 35.5. The van der Waals surface area contributed by atoms with Crippen LogP contribution in [0.4, 0.5) is 0 Å². The Labute approximate surface area is 540 Å². The smallest absolute Gasteiger partial charge is 0.218 e. The fraction of sp³-hybridized carbons (Fsp3) is 0.708. The molecule has 1 fully saturated rings. The fourth-order valence-corrected chi connectivity index (χ4v) is 9.26. The number of hydrogen-bond donors (Lipinski definition) is 23. The van der Waals surface area contributed by atoms with Crippen LogP contribution >= 0.6 is 92.8 Å². The maximum atomic E-state index is 11.2. The van der Waals surface area contributed by atoms with E-state index in [1.165, 1.54) is 0 Å². The zero-order valence-electron chi connectivity index (χ0n) is 45.6. The van der Waals surface area contributed by atoms with Gasteiger partial charge in [0.05, 0.1) is 5.88 Å². The molecule has 2 bridgehead atoms. The third kappa shape index (κ3) is 22.9.